The number of benzene rings is 1. The molecule has 1 rings (SSSR count). The van der Waals surface area contributed by atoms with Crippen molar-refractivity contribution in [2.24, 2.45) is 5.73 Å². The van der Waals surface area contributed by atoms with E-state index in [1.54, 1.807) is 6.07 Å². The molecule has 2 nitrogen and oxygen atoms in total. The van der Waals surface area contributed by atoms with Gasteiger partial charge in [0, 0.05) is 23.4 Å². The fourth-order valence-corrected chi connectivity index (χ4v) is 1.79. The van der Waals surface area contributed by atoms with E-state index in [0.717, 1.165) is 10.9 Å². The van der Waals surface area contributed by atoms with E-state index in [-0.39, 0.29) is 24.1 Å². The van der Waals surface area contributed by atoms with Gasteiger partial charge in [-0.3, -0.25) is 4.79 Å². The topological polar surface area (TPSA) is 43.1 Å². The fraction of sp³-hybridized carbons (Fsp3) is 0.417. The van der Waals surface area contributed by atoms with E-state index >= 15 is 0 Å². The predicted molar refractivity (Wildman–Crippen MR) is 65.7 cm³/mol. The molecular weight excluding hydrogens is 273 g/mol. The summed E-state index contributed by atoms with van der Waals surface area (Å²) in [7, 11) is 0. The summed E-state index contributed by atoms with van der Waals surface area (Å²) >= 11 is 3.29. The molecule has 0 saturated carbocycles. The minimum absolute atomic E-state index is 0.0423. The van der Waals surface area contributed by atoms with Gasteiger partial charge < -0.3 is 5.73 Å². The first-order chi connectivity index (χ1) is 7.52. The Hall–Kier alpha value is -0.740. The summed E-state index contributed by atoms with van der Waals surface area (Å²) in [6.45, 7) is 1.94. The van der Waals surface area contributed by atoms with Crippen molar-refractivity contribution in [1.29, 1.82) is 0 Å². The number of halogens is 2. The molecule has 2 N–H and O–H groups in total. The van der Waals surface area contributed by atoms with E-state index < -0.39 is 0 Å². The third-order valence-electron chi connectivity index (χ3n) is 2.41. The standard InChI is InChI=1S/C12H15BrFNO/c1-2-10(15)7-11(16)6-8-5-9(14)3-4-12(8)13/h3-5,10H,2,6-7,15H2,1H3. The van der Waals surface area contributed by atoms with Gasteiger partial charge in [-0.2, -0.15) is 0 Å². The van der Waals surface area contributed by atoms with E-state index in [9.17, 15) is 9.18 Å². The third kappa shape index (κ3) is 4.02. The van der Waals surface area contributed by atoms with Gasteiger partial charge in [0.1, 0.15) is 11.6 Å². The summed E-state index contributed by atoms with van der Waals surface area (Å²) in [4.78, 5) is 11.6. The predicted octanol–water partition coefficient (Wildman–Crippen LogP) is 2.83. The maximum atomic E-state index is 13.0. The zero-order chi connectivity index (χ0) is 12.1. The van der Waals surface area contributed by atoms with Crippen LogP contribution in [-0.2, 0) is 11.2 Å². The van der Waals surface area contributed by atoms with Crippen molar-refractivity contribution in [2.45, 2.75) is 32.2 Å². The van der Waals surface area contributed by atoms with Crippen molar-refractivity contribution < 1.29 is 9.18 Å². The van der Waals surface area contributed by atoms with Crippen LogP contribution in [0.2, 0.25) is 0 Å². The minimum Gasteiger partial charge on any atom is -0.327 e. The van der Waals surface area contributed by atoms with Crippen LogP contribution in [0, 0.1) is 5.82 Å². The number of nitrogens with two attached hydrogens (primary N) is 1. The minimum atomic E-state index is -0.328. The lowest BCUT2D eigenvalue weighted by atomic mass is 10.0. The molecule has 4 heteroatoms. The van der Waals surface area contributed by atoms with Crippen molar-refractivity contribution in [3.05, 3.63) is 34.1 Å². The summed E-state index contributed by atoms with van der Waals surface area (Å²) in [5.41, 5.74) is 6.36. The van der Waals surface area contributed by atoms with Crippen LogP contribution in [0.4, 0.5) is 4.39 Å². The molecule has 0 saturated heterocycles. The van der Waals surface area contributed by atoms with E-state index in [2.05, 4.69) is 15.9 Å². The van der Waals surface area contributed by atoms with Crippen LogP contribution in [0.15, 0.2) is 22.7 Å². The van der Waals surface area contributed by atoms with E-state index in [0.29, 0.717) is 12.0 Å². The Kier molecular flexibility index (Phi) is 5.09. The lowest BCUT2D eigenvalue weighted by molar-refractivity contribution is -0.118. The van der Waals surface area contributed by atoms with Crippen LogP contribution in [0.1, 0.15) is 25.3 Å². The first-order valence-corrected chi connectivity index (χ1v) is 6.03. The van der Waals surface area contributed by atoms with Gasteiger partial charge in [0.25, 0.3) is 0 Å². The molecule has 0 radical (unpaired) electrons. The summed E-state index contributed by atoms with van der Waals surface area (Å²) in [6, 6.07) is 4.24. The van der Waals surface area contributed by atoms with Crippen LogP contribution in [0.25, 0.3) is 0 Å². The molecule has 1 aromatic rings. The van der Waals surface area contributed by atoms with Crippen molar-refractivity contribution in [3.63, 3.8) is 0 Å². The number of ketones is 1. The number of carbonyl (C=O) groups excluding carboxylic acids is 1. The summed E-state index contributed by atoms with van der Waals surface area (Å²) in [5.74, 6) is -0.286. The average molecular weight is 288 g/mol. The number of carbonyl (C=O) groups is 1. The van der Waals surface area contributed by atoms with Crippen LogP contribution in [0.5, 0.6) is 0 Å². The molecule has 16 heavy (non-hydrogen) atoms. The average Bonchev–Trinajstić information content (AvgIpc) is 2.23. The molecular formula is C12H15BrFNO. The maximum Gasteiger partial charge on any atom is 0.138 e. The molecule has 1 aromatic carbocycles. The largest absolute Gasteiger partial charge is 0.327 e. The molecule has 0 spiro atoms. The molecule has 0 bridgehead atoms. The quantitative estimate of drug-likeness (QED) is 0.905. The molecule has 88 valence electrons. The highest BCUT2D eigenvalue weighted by molar-refractivity contribution is 9.10. The Bertz CT molecular complexity index is 381. The Morgan fingerprint density at radius 2 is 2.25 bits per heavy atom. The highest BCUT2D eigenvalue weighted by atomic mass is 79.9. The third-order valence-corrected chi connectivity index (χ3v) is 3.18. The lowest BCUT2D eigenvalue weighted by Crippen LogP contribution is -2.23. The maximum absolute atomic E-state index is 13.0. The molecule has 0 aliphatic carbocycles. The van der Waals surface area contributed by atoms with Gasteiger partial charge in [0.2, 0.25) is 0 Å². The normalized spacial score (nSPS) is 12.5. The first kappa shape index (κ1) is 13.3. The van der Waals surface area contributed by atoms with Gasteiger partial charge in [0.05, 0.1) is 0 Å². The molecule has 1 atom stereocenters. The van der Waals surface area contributed by atoms with Crippen LogP contribution in [0.3, 0.4) is 0 Å². The van der Waals surface area contributed by atoms with Crippen LogP contribution >= 0.6 is 15.9 Å². The second kappa shape index (κ2) is 6.11. The Morgan fingerprint density at radius 3 is 2.88 bits per heavy atom. The Morgan fingerprint density at radius 1 is 1.56 bits per heavy atom. The lowest BCUT2D eigenvalue weighted by Gasteiger charge is -2.08. The Balaban J connectivity index is 2.65. The molecule has 0 aliphatic heterocycles. The number of rotatable bonds is 5. The van der Waals surface area contributed by atoms with Crippen LogP contribution < -0.4 is 5.73 Å². The summed E-state index contributed by atoms with van der Waals surface area (Å²) in [5, 5.41) is 0. The van der Waals surface area contributed by atoms with E-state index in [4.69, 9.17) is 5.73 Å². The molecule has 0 aromatic heterocycles. The first-order valence-electron chi connectivity index (χ1n) is 5.24. The zero-order valence-electron chi connectivity index (χ0n) is 9.17. The number of hydrogen-bond acceptors (Lipinski definition) is 2. The smallest absolute Gasteiger partial charge is 0.138 e. The van der Waals surface area contributed by atoms with Crippen LogP contribution in [-0.4, -0.2) is 11.8 Å². The Labute approximate surface area is 103 Å². The van der Waals surface area contributed by atoms with Crippen molar-refractivity contribution >= 4 is 21.7 Å². The number of Topliss-reactive ketones (excluding diaryl/α,β-unsaturated/α-hetero) is 1. The summed E-state index contributed by atoms with van der Waals surface area (Å²) in [6.07, 6.45) is 1.35. The zero-order valence-corrected chi connectivity index (χ0v) is 10.8. The highest BCUT2D eigenvalue weighted by Crippen LogP contribution is 2.19. The molecule has 0 heterocycles. The highest BCUT2D eigenvalue weighted by Gasteiger charge is 2.11. The molecule has 1 unspecified atom stereocenters. The second-order valence-corrected chi connectivity index (χ2v) is 4.68. The summed E-state index contributed by atoms with van der Waals surface area (Å²) < 4.78 is 13.7. The van der Waals surface area contributed by atoms with Gasteiger partial charge in [-0.05, 0) is 30.2 Å². The number of hydrogen-bond donors (Lipinski definition) is 1. The van der Waals surface area contributed by atoms with Gasteiger partial charge in [-0.15, -0.1) is 0 Å². The van der Waals surface area contributed by atoms with E-state index in [1.165, 1.54) is 12.1 Å². The monoisotopic (exact) mass is 287 g/mol. The van der Waals surface area contributed by atoms with Crippen molar-refractivity contribution in [1.82, 2.24) is 0 Å². The van der Waals surface area contributed by atoms with E-state index in [1.807, 2.05) is 6.92 Å². The fourth-order valence-electron chi connectivity index (χ4n) is 1.40. The molecule has 0 fully saturated rings. The second-order valence-electron chi connectivity index (χ2n) is 3.82. The molecule has 0 amide bonds. The SMILES string of the molecule is CCC(N)CC(=O)Cc1cc(F)ccc1Br. The van der Waals surface area contributed by atoms with Gasteiger partial charge in [-0.1, -0.05) is 22.9 Å². The van der Waals surface area contributed by atoms with Gasteiger partial charge >= 0.3 is 0 Å². The van der Waals surface area contributed by atoms with Crippen molar-refractivity contribution in [2.75, 3.05) is 0 Å². The van der Waals surface area contributed by atoms with Gasteiger partial charge in [0.15, 0.2) is 0 Å². The van der Waals surface area contributed by atoms with Crippen molar-refractivity contribution in [3.8, 4) is 0 Å². The van der Waals surface area contributed by atoms with Gasteiger partial charge in [-0.25, -0.2) is 4.39 Å². The molecule has 0 aliphatic rings.